The number of nitrogens with zero attached hydrogens (tertiary/aromatic N) is 1. The first-order chi connectivity index (χ1) is 9.96. The zero-order valence-corrected chi connectivity index (χ0v) is 12.1. The second kappa shape index (κ2) is 7.45. The lowest BCUT2D eigenvalue weighted by Gasteiger charge is -2.36. The summed E-state index contributed by atoms with van der Waals surface area (Å²) in [5, 5.41) is 3.11. The summed E-state index contributed by atoms with van der Waals surface area (Å²) in [7, 11) is 0. The van der Waals surface area contributed by atoms with Gasteiger partial charge in [-0.3, -0.25) is 4.79 Å². The lowest BCUT2D eigenvalue weighted by molar-refractivity contribution is -0.168. The maximum absolute atomic E-state index is 12.8. The summed E-state index contributed by atoms with van der Waals surface area (Å²) >= 11 is 0. The first kappa shape index (κ1) is 16.5. The van der Waals surface area contributed by atoms with E-state index >= 15 is 0 Å². The SMILES string of the molecule is O=C(CC1CCCCO1)N(CC(F)(F)F)C1CCNCC1. The van der Waals surface area contributed by atoms with E-state index in [4.69, 9.17) is 4.74 Å². The van der Waals surface area contributed by atoms with Gasteiger partial charge < -0.3 is 15.0 Å². The van der Waals surface area contributed by atoms with E-state index in [-0.39, 0.29) is 18.6 Å². The number of nitrogens with one attached hydrogen (secondary N) is 1. The Morgan fingerprint density at radius 2 is 1.90 bits per heavy atom. The Hall–Kier alpha value is -0.820. The predicted molar refractivity (Wildman–Crippen MR) is 71.9 cm³/mol. The van der Waals surface area contributed by atoms with Gasteiger partial charge in [0.1, 0.15) is 6.54 Å². The molecule has 1 unspecified atom stereocenters. The molecule has 2 saturated heterocycles. The summed E-state index contributed by atoms with van der Waals surface area (Å²) in [5.74, 6) is -0.425. The van der Waals surface area contributed by atoms with Gasteiger partial charge in [-0.1, -0.05) is 0 Å². The number of alkyl halides is 3. The third kappa shape index (κ3) is 5.47. The van der Waals surface area contributed by atoms with Crippen molar-refractivity contribution in [3.8, 4) is 0 Å². The highest BCUT2D eigenvalue weighted by atomic mass is 19.4. The quantitative estimate of drug-likeness (QED) is 0.864. The molecule has 122 valence electrons. The van der Waals surface area contributed by atoms with Gasteiger partial charge in [-0.25, -0.2) is 0 Å². The highest BCUT2D eigenvalue weighted by Gasteiger charge is 2.37. The number of amides is 1. The van der Waals surface area contributed by atoms with Crippen LogP contribution in [0.5, 0.6) is 0 Å². The van der Waals surface area contributed by atoms with Crippen molar-refractivity contribution in [2.45, 2.75) is 56.8 Å². The van der Waals surface area contributed by atoms with Crippen molar-refractivity contribution in [2.24, 2.45) is 0 Å². The van der Waals surface area contributed by atoms with E-state index < -0.39 is 18.6 Å². The molecular formula is C14H23F3N2O2. The zero-order valence-electron chi connectivity index (χ0n) is 12.1. The fourth-order valence-electron chi connectivity index (χ4n) is 3.01. The van der Waals surface area contributed by atoms with Gasteiger partial charge >= 0.3 is 6.18 Å². The van der Waals surface area contributed by atoms with Crippen LogP contribution in [0.15, 0.2) is 0 Å². The second-order valence-electron chi connectivity index (χ2n) is 5.81. The summed E-state index contributed by atoms with van der Waals surface area (Å²) in [5.41, 5.74) is 0. The second-order valence-corrected chi connectivity index (χ2v) is 5.81. The van der Waals surface area contributed by atoms with Crippen molar-refractivity contribution in [1.82, 2.24) is 10.2 Å². The Morgan fingerprint density at radius 1 is 1.19 bits per heavy atom. The van der Waals surface area contributed by atoms with Crippen LogP contribution in [-0.2, 0) is 9.53 Å². The highest BCUT2D eigenvalue weighted by molar-refractivity contribution is 5.77. The largest absolute Gasteiger partial charge is 0.406 e. The molecule has 0 spiro atoms. The van der Waals surface area contributed by atoms with Crippen molar-refractivity contribution in [3.63, 3.8) is 0 Å². The first-order valence-electron chi connectivity index (χ1n) is 7.64. The third-order valence-corrected chi connectivity index (χ3v) is 4.10. The van der Waals surface area contributed by atoms with E-state index in [0.717, 1.165) is 24.2 Å². The van der Waals surface area contributed by atoms with Crippen molar-refractivity contribution >= 4 is 5.91 Å². The van der Waals surface area contributed by atoms with Gasteiger partial charge in [0.05, 0.1) is 12.5 Å². The predicted octanol–water partition coefficient (Wildman–Crippen LogP) is 2.09. The molecule has 2 heterocycles. The Morgan fingerprint density at radius 3 is 2.48 bits per heavy atom. The van der Waals surface area contributed by atoms with Crippen molar-refractivity contribution in [1.29, 1.82) is 0 Å². The Labute approximate surface area is 123 Å². The molecule has 7 heteroatoms. The number of hydrogen-bond acceptors (Lipinski definition) is 3. The summed E-state index contributed by atoms with van der Waals surface area (Å²) in [6, 6.07) is -0.316. The number of ether oxygens (including phenoxy) is 1. The summed E-state index contributed by atoms with van der Waals surface area (Å²) in [4.78, 5) is 13.3. The van der Waals surface area contributed by atoms with Crippen LogP contribution in [0.25, 0.3) is 0 Å². The van der Waals surface area contributed by atoms with E-state index in [1.807, 2.05) is 0 Å². The van der Waals surface area contributed by atoms with Crippen molar-refractivity contribution < 1.29 is 22.7 Å². The highest BCUT2D eigenvalue weighted by Crippen LogP contribution is 2.24. The zero-order chi connectivity index (χ0) is 15.3. The van der Waals surface area contributed by atoms with E-state index in [2.05, 4.69) is 5.32 Å². The molecule has 0 saturated carbocycles. The van der Waals surface area contributed by atoms with Gasteiger partial charge in [0.2, 0.25) is 5.91 Å². The number of rotatable bonds is 4. The average Bonchev–Trinajstić information content (AvgIpc) is 2.46. The van der Waals surface area contributed by atoms with E-state index in [9.17, 15) is 18.0 Å². The molecule has 1 atom stereocenters. The fourth-order valence-corrected chi connectivity index (χ4v) is 3.01. The topological polar surface area (TPSA) is 41.6 Å². The first-order valence-corrected chi connectivity index (χ1v) is 7.64. The summed E-state index contributed by atoms with van der Waals surface area (Å²) in [6.45, 7) is 0.770. The smallest absolute Gasteiger partial charge is 0.378 e. The van der Waals surface area contributed by atoms with E-state index in [1.54, 1.807) is 0 Å². The molecule has 0 bridgehead atoms. The molecule has 0 radical (unpaired) electrons. The van der Waals surface area contributed by atoms with Crippen molar-refractivity contribution in [2.75, 3.05) is 26.2 Å². The van der Waals surface area contributed by atoms with Gasteiger partial charge in [0.15, 0.2) is 0 Å². The minimum atomic E-state index is -4.35. The Bertz CT molecular complexity index is 338. The van der Waals surface area contributed by atoms with Crippen LogP contribution in [0.4, 0.5) is 13.2 Å². The van der Waals surface area contributed by atoms with Gasteiger partial charge in [0.25, 0.3) is 0 Å². The third-order valence-electron chi connectivity index (χ3n) is 4.10. The molecule has 2 aliphatic heterocycles. The maximum atomic E-state index is 12.8. The number of halogens is 3. The standard InChI is InChI=1S/C14H23F3N2O2/c15-14(16,17)10-19(11-4-6-18-7-5-11)13(20)9-12-3-1-2-8-21-12/h11-12,18H,1-10H2. The van der Waals surface area contributed by atoms with Crippen LogP contribution in [0.1, 0.15) is 38.5 Å². The molecule has 2 fully saturated rings. The lowest BCUT2D eigenvalue weighted by atomic mass is 10.0. The number of hydrogen-bond donors (Lipinski definition) is 1. The minimum absolute atomic E-state index is 0.0695. The maximum Gasteiger partial charge on any atom is 0.406 e. The van der Waals surface area contributed by atoms with Crippen LogP contribution in [0.3, 0.4) is 0 Å². The minimum Gasteiger partial charge on any atom is -0.378 e. The van der Waals surface area contributed by atoms with Crippen LogP contribution in [0, 0.1) is 0 Å². The molecule has 0 aromatic rings. The van der Waals surface area contributed by atoms with Gasteiger partial charge in [-0.2, -0.15) is 13.2 Å². The van der Waals surface area contributed by atoms with Gasteiger partial charge in [0, 0.05) is 12.6 Å². The molecule has 1 amide bonds. The van der Waals surface area contributed by atoms with Gasteiger partial charge in [-0.15, -0.1) is 0 Å². The molecular weight excluding hydrogens is 285 g/mol. The number of carbonyl (C=O) groups excluding carboxylic acids is 1. The van der Waals surface area contributed by atoms with Crippen LogP contribution in [-0.4, -0.2) is 55.4 Å². The fraction of sp³-hybridized carbons (Fsp3) is 0.929. The monoisotopic (exact) mass is 308 g/mol. The lowest BCUT2D eigenvalue weighted by Crippen LogP contribution is -2.50. The van der Waals surface area contributed by atoms with Crippen molar-refractivity contribution in [3.05, 3.63) is 0 Å². The van der Waals surface area contributed by atoms with Crippen LogP contribution < -0.4 is 5.32 Å². The molecule has 1 N–H and O–H groups in total. The summed E-state index contributed by atoms with van der Waals surface area (Å²) < 4.78 is 43.8. The molecule has 2 aliphatic rings. The van der Waals surface area contributed by atoms with E-state index in [1.165, 1.54) is 0 Å². The van der Waals surface area contributed by atoms with Gasteiger partial charge in [-0.05, 0) is 45.2 Å². The Balaban J connectivity index is 1.96. The molecule has 21 heavy (non-hydrogen) atoms. The molecule has 0 aromatic carbocycles. The Kier molecular flexibility index (Phi) is 5.87. The van der Waals surface area contributed by atoms with Crippen LogP contribution in [0.2, 0.25) is 0 Å². The number of carbonyl (C=O) groups is 1. The van der Waals surface area contributed by atoms with Crippen LogP contribution >= 0.6 is 0 Å². The molecule has 0 aromatic heterocycles. The van der Waals surface area contributed by atoms with E-state index in [0.29, 0.717) is 32.5 Å². The summed E-state index contributed by atoms with van der Waals surface area (Å²) in [6.07, 6.45) is -0.647. The normalized spacial score (nSPS) is 24.8. The average molecular weight is 308 g/mol. The molecule has 0 aliphatic carbocycles. The number of piperidine rings is 1. The molecule has 2 rings (SSSR count). The molecule has 4 nitrogen and oxygen atoms in total.